The first-order chi connectivity index (χ1) is 9.37. The molecule has 0 aliphatic rings. The van der Waals surface area contributed by atoms with Crippen LogP contribution in [0, 0.1) is 11.3 Å². The quantitative estimate of drug-likeness (QED) is 0.852. The van der Waals surface area contributed by atoms with Crippen LogP contribution in [-0.2, 0) is 0 Å². The number of nitrogen functional groups attached to an aromatic ring is 1. The first kappa shape index (κ1) is 13.7. The topological polar surface area (TPSA) is 59.0 Å². The number of nitriles is 1. The lowest BCUT2D eigenvalue weighted by molar-refractivity contribution is -0.274. The van der Waals surface area contributed by atoms with Crippen molar-refractivity contribution in [2.24, 2.45) is 0 Å². The van der Waals surface area contributed by atoms with Gasteiger partial charge in [0.05, 0.1) is 11.6 Å². The van der Waals surface area contributed by atoms with Crippen molar-refractivity contribution in [1.29, 1.82) is 5.26 Å². The maximum Gasteiger partial charge on any atom is 0.573 e. The van der Waals surface area contributed by atoms with Gasteiger partial charge in [0.2, 0.25) is 0 Å². The van der Waals surface area contributed by atoms with Crippen LogP contribution in [0.2, 0.25) is 0 Å². The molecule has 0 spiro atoms. The van der Waals surface area contributed by atoms with Gasteiger partial charge in [-0.05, 0) is 41.5 Å². The van der Waals surface area contributed by atoms with Gasteiger partial charge in [-0.15, -0.1) is 13.2 Å². The predicted molar refractivity (Wildman–Crippen MR) is 67.7 cm³/mol. The summed E-state index contributed by atoms with van der Waals surface area (Å²) < 4.78 is 40.6. The predicted octanol–water partition coefficient (Wildman–Crippen LogP) is 3.71. The summed E-state index contributed by atoms with van der Waals surface area (Å²) in [7, 11) is 0. The van der Waals surface area contributed by atoms with Crippen LogP contribution in [0.15, 0.2) is 42.5 Å². The largest absolute Gasteiger partial charge is 0.573 e. The second-order valence-corrected chi connectivity index (χ2v) is 4.03. The zero-order chi connectivity index (χ0) is 14.8. The molecule has 0 aliphatic carbocycles. The third-order valence-electron chi connectivity index (χ3n) is 2.49. The molecule has 0 aromatic heterocycles. The van der Waals surface area contributed by atoms with Crippen LogP contribution in [0.3, 0.4) is 0 Å². The number of ether oxygens (including phenoxy) is 1. The third kappa shape index (κ3) is 3.42. The molecule has 3 nitrogen and oxygen atoms in total. The lowest BCUT2D eigenvalue weighted by Crippen LogP contribution is -2.17. The number of rotatable bonds is 2. The summed E-state index contributed by atoms with van der Waals surface area (Å²) in [6.07, 6.45) is -4.80. The van der Waals surface area contributed by atoms with Crippen molar-refractivity contribution in [3.63, 3.8) is 0 Å². The Labute approximate surface area is 113 Å². The fraction of sp³-hybridized carbons (Fsp3) is 0.0714. The molecule has 0 atom stereocenters. The Hall–Kier alpha value is -2.68. The Morgan fingerprint density at radius 2 is 1.80 bits per heavy atom. The molecule has 0 saturated carbocycles. The molecule has 2 aromatic carbocycles. The number of hydrogen-bond donors (Lipinski definition) is 1. The first-order valence-electron chi connectivity index (χ1n) is 5.54. The van der Waals surface area contributed by atoms with Gasteiger partial charge in [-0.25, -0.2) is 0 Å². The van der Waals surface area contributed by atoms with Crippen LogP contribution in [0.1, 0.15) is 5.56 Å². The highest BCUT2D eigenvalue weighted by Gasteiger charge is 2.31. The minimum absolute atomic E-state index is 0.0733. The van der Waals surface area contributed by atoms with Crippen LogP contribution in [0.25, 0.3) is 11.1 Å². The fourth-order valence-corrected chi connectivity index (χ4v) is 1.74. The van der Waals surface area contributed by atoms with Crippen LogP contribution >= 0.6 is 0 Å². The molecule has 0 radical (unpaired) electrons. The van der Waals surface area contributed by atoms with Gasteiger partial charge in [0.25, 0.3) is 0 Å². The summed E-state index contributed by atoms with van der Waals surface area (Å²) in [5.41, 5.74) is 7.21. The highest BCUT2D eigenvalue weighted by molar-refractivity contribution is 5.70. The Morgan fingerprint density at radius 1 is 1.05 bits per heavy atom. The molecule has 2 aromatic rings. The number of halogens is 3. The number of nitrogens with zero attached hydrogens (tertiary/aromatic N) is 1. The lowest BCUT2D eigenvalue weighted by atomic mass is 10.0. The molecule has 0 saturated heterocycles. The SMILES string of the molecule is N#Cc1cc(OC(F)(F)F)cc(-c2cccc(N)c2)c1. The van der Waals surface area contributed by atoms with Crippen molar-refractivity contribution in [1.82, 2.24) is 0 Å². The van der Waals surface area contributed by atoms with Gasteiger partial charge in [0.1, 0.15) is 5.75 Å². The van der Waals surface area contributed by atoms with E-state index in [4.69, 9.17) is 11.0 Å². The second kappa shape index (κ2) is 5.13. The van der Waals surface area contributed by atoms with Crippen LogP contribution in [0.5, 0.6) is 5.75 Å². The van der Waals surface area contributed by atoms with E-state index in [1.165, 1.54) is 12.1 Å². The van der Waals surface area contributed by atoms with E-state index in [0.717, 1.165) is 6.07 Å². The number of alkyl halides is 3. The first-order valence-corrected chi connectivity index (χ1v) is 5.54. The molecule has 0 fully saturated rings. The average Bonchev–Trinajstić information content (AvgIpc) is 2.36. The van der Waals surface area contributed by atoms with Gasteiger partial charge in [0, 0.05) is 5.69 Å². The van der Waals surface area contributed by atoms with Crippen LogP contribution < -0.4 is 10.5 Å². The Bertz CT molecular complexity index is 675. The highest BCUT2D eigenvalue weighted by atomic mass is 19.4. The average molecular weight is 278 g/mol. The molecule has 102 valence electrons. The monoisotopic (exact) mass is 278 g/mol. The maximum absolute atomic E-state index is 12.3. The lowest BCUT2D eigenvalue weighted by Gasteiger charge is -2.11. The van der Waals surface area contributed by atoms with Crippen molar-refractivity contribution < 1.29 is 17.9 Å². The van der Waals surface area contributed by atoms with Gasteiger partial charge >= 0.3 is 6.36 Å². The molecular weight excluding hydrogens is 269 g/mol. The molecule has 6 heteroatoms. The highest BCUT2D eigenvalue weighted by Crippen LogP contribution is 2.30. The molecule has 20 heavy (non-hydrogen) atoms. The van der Waals surface area contributed by atoms with E-state index in [-0.39, 0.29) is 5.56 Å². The van der Waals surface area contributed by atoms with Crippen molar-refractivity contribution >= 4 is 5.69 Å². The van der Waals surface area contributed by atoms with E-state index in [2.05, 4.69) is 4.74 Å². The molecule has 0 heterocycles. The van der Waals surface area contributed by atoms with E-state index in [1.807, 2.05) is 0 Å². The zero-order valence-electron chi connectivity index (χ0n) is 10.1. The van der Waals surface area contributed by atoms with Crippen molar-refractivity contribution in [3.8, 4) is 22.9 Å². The maximum atomic E-state index is 12.3. The molecule has 0 bridgehead atoms. The van der Waals surface area contributed by atoms with E-state index in [0.29, 0.717) is 16.8 Å². The van der Waals surface area contributed by atoms with E-state index in [1.54, 1.807) is 30.3 Å². The fourth-order valence-electron chi connectivity index (χ4n) is 1.74. The minimum Gasteiger partial charge on any atom is -0.406 e. The normalized spacial score (nSPS) is 10.9. The van der Waals surface area contributed by atoms with Crippen molar-refractivity contribution in [2.45, 2.75) is 6.36 Å². The summed E-state index contributed by atoms with van der Waals surface area (Å²) in [6.45, 7) is 0. The van der Waals surface area contributed by atoms with E-state index in [9.17, 15) is 13.2 Å². The summed E-state index contributed by atoms with van der Waals surface area (Å²) in [5.74, 6) is -0.436. The molecule has 0 unspecified atom stereocenters. The smallest absolute Gasteiger partial charge is 0.406 e. The van der Waals surface area contributed by atoms with Crippen molar-refractivity contribution in [2.75, 3.05) is 5.73 Å². The third-order valence-corrected chi connectivity index (χ3v) is 2.49. The summed E-state index contributed by atoms with van der Waals surface area (Å²) in [4.78, 5) is 0. The second-order valence-electron chi connectivity index (χ2n) is 4.03. The van der Waals surface area contributed by atoms with E-state index < -0.39 is 12.1 Å². The van der Waals surface area contributed by atoms with Crippen LogP contribution in [0.4, 0.5) is 18.9 Å². The summed E-state index contributed by atoms with van der Waals surface area (Å²) in [6, 6.07) is 12.1. The Morgan fingerprint density at radius 3 is 2.40 bits per heavy atom. The Balaban J connectivity index is 2.49. The molecule has 2 rings (SSSR count). The van der Waals surface area contributed by atoms with Gasteiger partial charge in [-0.3, -0.25) is 0 Å². The molecule has 0 aliphatic heterocycles. The standard InChI is InChI=1S/C14H9F3N2O/c15-14(16,17)20-13-5-9(8-18)4-11(7-13)10-2-1-3-12(19)6-10/h1-7H,19H2. The van der Waals surface area contributed by atoms with Crippen molar-refractivity contribution in [3.05, 3.63) is 48.0 Å². The summed E-state index contributed by atoms with van der Waals surface area (Å²) >= 11 is 0. The number of anilines is 1. The number of nitrogens with two attached hydrogens (primary N) is 1. The van der Waals surface area contributed by atoms with Gasteiger partial charge in [-0.1, -0.05) is 12.1 Å². The van der Waals surface area contributed by atoms with Gasteiger partial charge in [-0.2, -0.15) is 5.26 Å². The summed E-state index contributed by atoms with van der Waals surface area (Å²) in [5, 5.41) is 8.87. The van der Waals surface area contributed by atoms with Gasteiger partial charge in [0.15, 0.2) is 0 Å². The zero-order valence-corrected chi connectivity index (χ0v) is 10.1. The number of hydrogen-bond acceptors (Lipinski definition) is 3. The van der Waals surface area contributed by atoms with Gasteiger partial charge < -0.3 is 10.5 Å². The van der Waals surface area contributed by atoms with E-state index >= 15 is 0 Å². The van der Waals surface area contributed by atoms with Crippen LogP contribution in [-0.4, -0.2) is 6.36 Å². The Kier molecular flexibility index (Phi) is 3.53. The molecule has 2 N–H and O–H groups in total. The molecular formula is C14H9F3N2O. The molecule has 0 amide bonds. The minimum atomic E-state index is -4.80. The number of benzene rings is 2.